The predicted molar refractivity (Wildman–Crippen MR) is 88.3 cm³/mol. The van der Waals surface area contributed by atoms with Gasteiger partial charge in [-0.3, -0.25) is 9.78 Å². The number of nitrogens with two attached hydrogens (primary N) is 1. The van der Waals surface area contributed by atoms with Crippen molar-refractivity contribution in [2.24, 2.45) is 0 Å². The van der Waals surface area contributed by atoms with E-state index < -0.39 is 0 Å². The molecule has 0 fully saturated rings. The molecule has 3 rings (SSSR count). The van der Waals surface area contributed by atoms with Crippen LogP contribution in [0.5, 0.6) is 0 Å². The van der Waals surface area contributed by atoms with Crippen LogP contribution in [0.25, 0.3) is 10.9 Å². The standard InChI is InChI=1S/C17H13BrN2O/c18-12-5-6-14(15(19)10-12)17(21)9-11-7-8-20-16-4-2-1-3-13(11)16/h1-8,10H,9,19H2. The lowest BCUT2D eigenvalue weighted by atomic mass is 9.99. The molecule has 0 bridgehead atoms. The zero-order valence-electron chi connectivity index (χ0n) is 11.2. The molecule has 0 saturated carbocycles. The first-order chi connectivity index (χ1) is 10.1. The van der Waals surface area contributed by atoms with Gasteiger partial charge in [0.15, 0.2) is 5.78 Å². The molecule has 0 saturated heterocycles. The molecular formula is C17H13BrN2O. The number of anilines is 1. The minimum absolute atomic E-state index is 0.0105. The number of aromatic nitrogens is 1. The van der Waals surface area contributed by atoms with Crippen molar-refractivity contribution in [3.05, 3.63) is 70.3 Å². The Labute approximate surface area is 130 Å². The summed E-state index contributed by atoms with van der Waals surface area (Å²) in [5.74, 6) is 0.0105. The van der Waals surface area contributed by atoms with E-state index in [4.69, 9.17) is 5.73 Å². The molecule has 0 spiro atoms. The lowest BCUT2D eigenvalue weighted by Crippen LogP contribution is -2.07. The van der Waals surface area contributed by atoms with E-state index in [1.54, 1.807) is 18.3 Å². The first-order valence-electron chi connectivity index (χ1n) is 6.56. The molecule has 1 heterocycles. The summed E-state index contributed by atoms with van der Waals surface area (Å²) in [4.78, 5) is 16.8. The van der Waals surface area contributed by atoms with Gasteiger partial charge in [-0.25, -0.2) is 0 Å². The van der Waals surface area contributed by atoms with Crippen molar-refractivity contribution in [3.63, 3.8) is 0 Å². The molecule has 0 radical (unpaired) electrons. The van der Waals surface area contributed by atoms with Gasteiger partial charge in [0.25, 0.3) is 0 Å². The second-order valence-electron chi connectivity index (χ2n) is 4.82. The maximum atomic E-state index is 12.5. The van der Waals surface area contributed by atoms with Gasteiger partial charge in [-0.2, -0.15) is 0 Å². The van der Waals surface area contributed by atoms with Crippen molar-refractivity contribution in [2.75, 3.05) is 5.73 Å². The maximum Gasteiger partial charge on any atom is 0.169 e. The number of halogens is 1. The van der Waals surface area contributed by atoms with Gasteiger partial charge in [0.1, 0.15) is 0 Å². The molecule has 104 valence electrons. The Morgan fingerprint density at radius 2 is 1.95 bits per heavy atom. The Balaban J connectivity index is 1.97. The van der Waals surface area contributed by atoms with Crippen LogP contribution in [0, 0.1) is 0 Å². The van der Waals surface area contributed by atoms with Crippen LogP contribution in [0.3, 0.4) is 0 Å². The summed E-state index contributed by atoms with van der Waals surface area (Å²) in [6.45, 7) is 0. The SMILES string of the molecule is Nc1cc(Br)ccc1C(=O)Cc1ccnc2ccccc12. The Morgan fingerprint density at radius 3 is 2.76 bits per heavy atom. The average molecular weight is 341 g/mol. The largest absolute Gasteiger partial charge is 0.398 e. The number of carbonyl (C=O) groups excluding carboxylic acids is 1. The number of fused-ring (bicyclic) bond motifs is 1. The monoisotopic (exact) mass is 340 g/mol. The summed E-state index contributed by atoms with van der Waals surface area (Å²) in [6.07, 6.45) is 2.05. The van der Waals surface area contributed by atoms with Crippen LogP contribution in [0.15, 0.2) is 59.2 Å². The summed E-state index contributed by atoms with van der Waals surface area (Å²) >= 11 is 3.35. The van der Waals surface area contributed by atoms with Crippen LogP contribution in [0.2, 0.25) is 0 Å². The Morgan fingerprint density at radius 1 is 1.14 bits per heavy atom. The highest BCUT2D eigenvalue weighted by molar-refractivity contribution is 9.10. The van der Waals surface area contributed by atoms with Crippen molar-refractivity contribution in [3.8, 4) is 0 Å². The van der Waals surface area contributed by atoms with Crippen molar-refractivity contribution in [2.45, 2.75) is 6.42 Å². The molecule has 2 N–H and O–H groups in total. The van der Waals surface area contributed by atoms with Crippen molar-refractivity contribution in [1.29, 1.82) is 0 Å². The molecule has 0 amide bonds. The van der Waals surface area contributed by atoms with E-state index in [0.717, 1.165) is 20.9 Å². The highest BCUT2D eigenvalue weighted by Gasteiger charge is 2.12. The number of pyridine rings is 1. The van der Waals surface area contributed by atoms with E-state index >= 15 is 0 Å². The Kier molecular flexibility index (Phi) is 3.71. The first-order valence-corrected chi connectivity index (χ1v) is 7.35. The van der Waals surface area contributed by atoms with Crippen LogP contribution in [-0.2, 0) is 6.42 Å². The van der Waals surface area contributed by atoms with Crippen LogP contribution < -0.4 is 5.73 Å². The summed E-state index contributed by atoms with van der Waals surface area (Å²) in [5, 5.41) is 1.00. The van der Waals surface area contributed by atoms with E-state index in [0.29, 0.717) is 17.7 Å². The fourth-order valence-electron chi connectivity index (χ4n) is 2.36. The minimum atomic E-state index is 0.0105. The topological polar surface area (TPSA) is 56.0 Å². The number of ketones is 1. The fraction of sp³-hybridized carbons (Fsp3) is 0.0588. The molecule has 21 heavy (non-hydrogen) atoms. The highest BCUT2D eigenvalue weighted by atomic mass is 79.9. The number of nitrogen functional groups attached to an aromatic ring is 1. The van der Waals surface area contributed by atoms with Gasteiger partial charge in [0.2, 0.25) is 0 Å². The molecule has 0 aliphatic rings. The van der Waals surface area contributed by atoms with Crippen molar-refractivity contribution < 1.29 is 4.79 Å². The second kappa shape index (κ2) is 5.66. The summed E-state index contributed by atoms with van der Waals surface area (Å²) < 4.78 is 0.867. The molecule has 0 unspecified atom stereocenters. The van der Waals surface area contributed by atoms with Crippen LogP contribution >= 0.6 is 15.9 Å². The van der Waals surface area contributed by atoms with Gasteiger partial charge in [-0.15, -0.1) is 0 Å². The third kappa shape index (κ3) is 2.81. The van der Waals surface area contributed by atoms with E-state index in [-0.39, 0.29) is 5.78 Å². The van der Waals surface area contributed by atoms with Gasteiger partial charge < -0.3 is 5.73 Å². The second-order valence-corrected chi connectivity index (χ2v) is 5.73. The summed E-state index contributed by atoms with van der Waals surface area (Å²) in [7, 11) is 0. The normalized spacial score (nSPS) is 10.7. The predicted octanol–water partition coefficient (Wildman–Crippen LogP) is 4.00. The van der Waals surface area contributed by atoms with Gasteiger partial charge in [-0.1, -0.05) is 34.1 Å². The number of Topliss-reactive ketones (excluding diaryl/α,β-unsaturated/α-hetero) is 1. The molecule has 0 atom stereocenters. The lowest BCUT2D eigenvalue weighted by Gasteiger charge is -2.07. The molecule has 0 aliphatic carbocycles. The van der Waals surface area contributed by atoms with E-state index in [1.807, 2.05) is 36.4 Å². The third-order valence-electron chi connectivity index (χ3n) is 3.40. The number of rotatable bonds is 3. The van der Waals surface area contributed by atoms with Gasteiger partial charge in [-0.05, 0) is 35.9 Å². The highest BCUT2D eigenvalue weighted by Crippen LogP contribution is 2.22. The van der Waals surface area contributed by atoms with Gasteiger partial charge in [0, 0.05) is 33.7 Å². The summed E-state index contributed by atoms with van der Waals surface area (Å²) in [5.41, 5.74) is 8.83. The Hall–Kier alpha value is -2.20. The number of hydrogen-bond donors (Lipinski definition) is 1. The lowest BCUT2D eigenvalue weighted by molar-refractivity contribution is 0.0994. The molecule has 1 aromatic heterocycles. The number of benzene rings is 2. The fourth-order valence-corrected chi connectivity index (χ4v) is 2.74. The average Bonchev–Trinajstić information content (AvgIpc) is 2.47. The van der Waals surface area contributed by atoms with Crippen molar-refractivity contribution >= 4 is 38.3 Å². The molecule has 2 aromatic carbocycles. The minimum Gasteiger partial charge on any atom is -0.398 e. The zero-order valence-corrected chi connectivity index (χ0v) is 12.8. The molecule has 3 aromatic rings. The smallest absolute Gasteiger partial charge is 0.169 e. The van der Waals surface area contributed by atoms with E-state index in [2.05, 4.69) is 20.9 Å². The number of hydrogen-bond acceptors (Lipinski definition) is 3. The first kappa shape index (κ1) is 13.8. The number of nitrogens with zero attached hydrogens (tertiary/aromatic N) is 1. The quantitative estimate of drug-likeness (QED) is 0.579. The number of para-hydroxylation sites is 1. The third-order valence-corrected chi connectivity index (χ3v) is 3.90. The van der Waals surface area contributed by atoms with E-state index in [9.17, 15) is 4.79 Å². The van der Waals surface area contributed by atoms with Gasteiger partial charge >= 0.3 is 0 Å². The van der Waals surface area contributed by atoms with Crippen LogP contribution in [0.4, 0.5) is 5.69 Å². The van der Waals surface area contributed by atoms with E-state index in [1.165, 1.54) is 0 Å². The molecular weight excluding hydrogens is 328 g/mol. The maximum absolute atomic E-state index is 12.5. The Bertz CT molecular complexity index is 825. The van der Waals surface area contributed by atoms with Crippen molar-refractivity contribution in [1.82, 2.24) is 4.98 Å². The summed E-state index contributed by atoms with van der Waals surface area (Å²) in [6, 6.07) is 15.0. The molecule has 3 nitrogen and oxygen atoms in total. The zero-order chi connectivity index (χ0) is 14.8. The van der Waals surface area contributed by atoms with Crippen LogP contribution in [-0.4, -0.2) is 10.8 Å². The molecule has 0 aliphatic heterocycles. The van der Waals surface area contributed by atoms with Crippen LogP contribution in [0.1, 0.15) is 15.9 Å². The molecule has 4 heteroatoms. The van der Waals surface area contributed by atoms with Gasteiger partial charge in [0.05, 0.1) is 5.52 Å². The number of carbonyl (C=O) groups is 1.